The smallest absolute Gasteiger partial charge is 0.284 e. The molecule has 0 radical (unpaired) electrons. The highest BCUT2D eigenvalue weighted by Gasteiger charge is 1.97. The molecule has 5 heteroatoms. The first-order valence-electron chi connectivity index (χ1n) is 2.06. The van der Waals surface area contributed by atoms with Gasteiger partial charge in [-0.15, -0.1) is 0 Å². The van der Waals surface area contributed by atoms with Crippen LogP contribution in [0.1, 0.15) is 0 Å². The molecular weight excluding hydrogens is 108 g/mol. The minimum atomic E-state index is 0.500. The molecule has 0 aromatic rings. The standard InChI is InChI=1S/C3H6N4O/c4-6-2-1-5-7(8)3-6/h1-3,5H,4H2. The third kappa shape index (κ3) is 0.881. The van der Waals surface area contributed by atoms with Crippen LogP contribution in [0.4, 0.5) is 0 Å². The molecule has 0 unspecified atom stereocenters. The molecule has 1 aliphatic heterocycles. The van der Waals surface area contributed by atoms with Crippen molar-refractivity contribution in [2.24, 2.45) is 5.84 Å². The van der Waals surface area contributed by atoms with E-state index in [4.69, 9.17) is 5.84 Å². The van der Waals surface area contributed by atoms with Crippen molar-refractivity contribution in [3.8, 4) is 0 Å². The highest BCUT2D eigenvalue weighted by Crippen LogP contribution is 1.78. The fourth-order valence-corrected chi connectivity index (χ4v) is 0.386. The van der Waals surface area contributed by atoms with Crippen LogP contribution >= 0.6 is 0 Å². The van der Waals surface area contributed by atoms with E-state index in [0.717, 1.165) is 5.01 Å². The van der Waals surface area contributed by atoms with Crippen LogP contribution in [0.5, 0.6) is 0 Å². The van der Waals surface area contributed by atoms with Crippen LogP contribution in [0.2, 0.25) is 0 Å². The lowest BCUT2D eigenvalue weighted by atomic mass is 10.8. The number of hydrazine groups is 2. The zero-order chi connectivity index (χ0) is 5.98. The fraction of sp³-hybridized carbons (Fsp3) is 0. The van der Waals surface area contributed by atoms with Crippen LogP contribution in [0.25, 0.3) is 0 Å². The van der Waals surface area contributed by atoms with Crippen molar-refractivity contribution in [3.63, 3.8) is 0 Å². The van der Waals surface area contributed by atoms with Crippen molar-refractivity contribution in [1.82, 2.24) is 10.4 Å². The maximum absolute atomic E-state index is 10.3. The van der Waals surface area contributed by atoms with Gasteiger partial charge in [0.25, 0.3) is 6.34 Å². The zero-order valence-electron chi connectivity index (χ0n) is 4.11. The number of nitrogens with one attached hydrogen (secondary N) is 1. The molecule has 0 amide bonds. The molecule has 1 rings (SSSR count). The summed E-state index contributed by atoms with van der Waals surface area (Å²) in [7, 11) is 0. The number of hydrogen-bond donors (Lipinski definition) is 2. The number of hydrazone groups is 1. The van der Waals surface area contributed by atoms with Gasteiger partial charge in [0.05, 0.1) is 6.20 Å². The molecule has 44 valence electrons. The van der Waals surface area contributed by atoms with E-state index >= 15 is 0 Å². The summed E-state index contributed by atoms with van der Waals surface area (Å²) >= 11 is 0. The van der Waals surface area contributed by atoms with Gasteiger partial charge in [-0.1, -0.05) is 0 Å². The highest BCUT2D eigenvalue weighted by atomic mass is 16.5. The van der Waals surface area contributed by atoms with Gasteiger partial charge in [0, 0.05) is 0 Å². The summed E-state index contributed by atoms with van der Waals surface area (Å²) < 4.78 is 0. The van der Waals surface area contributed by atoms with Crippen LogP contribution in [0, 0.1) is 5.21 Å². The molecular formula is C3H6N4O. The number of nitrogens with two attached hydrogens (primary N) is 1. The molecule has 0 spiro atoms. The van der Waals surface area contributed by atoms with Crippen molar-refractivity contribution in [3.05, 3.63) is 17.6 Å². The molecule has 0 atom stereocenters. The van der Waals surface area contributed by atoms with Gasteiger partial charge >= 0.3 is 0 Å². The maximum Gasteiger partial charge on any atom is 0.284 e. The second kappa shape index (κ2) is 1.71. The first kappa shape index (κ1) is 4.92. The van der Waals surface area contributed by atoms with Gasteiger partial charge in [0.1, 0.15) is 6.20 Å². The van der Waals surface area contributed by atoms with E-state index in [1.54, 1.807) is 0 Å². The van der Waals surface area contributed by atoms with Gasteiger partial charge in [0.15, 0.2) is 0 Å². The number of hydrogen-bond acceptors (Lipinski definition) is 4. The van der Waals surface area contributed by atoms with Crippen molar-refractivity contribution in [2.75, 3.05) is 0 Å². The van der Waals surface area contributed by atoms with Gasteiger partial charge in [-0.3, -0.25) is 0 Å². The molecule has 0 saturated carbocycles. The molecule has 5 nitrogen and oxygen atoms in total. The lowest BCUT2D eigenvalue weighted by Crippen LogP contribution is -2.35. The normalized spacial score (nSPS) is 17.6. The topological polar surface area (TPSA) is 67.4 Å². The molecule has 0 aromatic carbocycles. The quantitative estimate of drug-likeness (QED) is 0.233. The lowest BCUT2D eigenvalue weighted by molar-refractivity contribution is -0.513. The molecule has 0 aromatic heterocycles. The Kier molecular flexibility index (Phi) is 1.05. The Hall–Kier alpha value is -1.23. The van der Waals surface area contributed by atoms with E-state index in [0.29, 0.717) is 4.85 Å². The molecule has 1 heterocycles. The Morgan fingerprint density at radius 2 is 2.50 bits per heavy atom. The van der Waals surface area contributed by atoms with E-state index in [9.17, 15) is 5.21 Å². The van der Waals surface area contributed by atoms with Crippen LogP contribution in [-0.2, 0) is 0 Å². The summed E-state index contributed by atoms with van der Waals surface area (Å²) in [4.78, 5) is 0.500. The van der Waals surface area contributed by atoms with Crippen LogP contribution < -0.4 is 11.3 Å². The van der Waals surface area contributed by atoms with E-state index in [-0.39, 0.29) is 0 Å². The lowest BCUT2D eigenvalue weighted by Gasteiger charge is -2.12. The SMILES string of the molecule is NN1C=CN[N+]([O-])=C1. The first-order chi connectivity index (χ1) is 3.79. The highest BCUT2D eigenvalue weighted by molar-refractivity contribution is 5.49. The fourth-order valence-electron chi connectivity index (χ4n) is 0.386. The van der Waals surface area contributed by atoms with Gasteiger partial charge in [-0.2, -0.15) is 15.7 Å². The Balaban J connectivity index is 2.60. The molecule has 8 heavy (non-hydrogen) atoms. The maximum atomic E-state index is 10.3. The average Bonchev–Trinajstić information content (AvgIpc) is 1.64. The molecule has 0 aliphatic carbocycles. The Morgan fingerprint density at radius 3 is 2.88 bits per heavy atom. The van der Waals surface area contributed by atoms with Gasteiger partial charge < -0.3 is 5.21 Å². The van der Waals surface area contributed by atoms with Crippen molar-refractivity contribution in [1.29, 1.82) is 0 Å². The predicted molar refractivity (Wildman–Crippen MR) is 28.0 cm³/mol. The summed E-state index contributed by atoms with van der Waals surface area (Å²) in [5.41, 5.74) is 2.33. The third-order valence-electron chi connectivity index (χ3n) is 0.687. The molecule has 3 N–H and O–H groups in total. The molecule has 1 aliphatic rings. The molecule has 0 saturated heterocycles. The number of nitrogens with zero attached hydrogens (tertiary/aromatic N) is 2. The van der Waals surface area contributed by atoms with E-state index in [2.05, 4.69) is 5.43 Å². The minimum absolute atomic E-state index is 0.500. The average molecular weight is 114 g/mol. The molecule has 0 bridgehead atoms. The van der Waals surface area contributed by atoms with Gasteiger partial charge in [0.2, 0.25) is 0 Å². The van der Waals surface area contributed by atoms with Crippen molar-refractivity contribution >= 4 is 6.34 Å². The van der Waals surface area contributed by atoms with Crippen molar-refractivity contribution < 1.29 is 4.85 Å². The van der Waals surface area contributed by atoms with Crippen LogP contribution in [0.15, 0.2) is 12.4 Å². The van der Waals surface area contributed by atoms with E-state index in [1.165, 1.54) is 18.7 Å². The summed E-state index contributed by atoms with van der Waals surface area (Å²) in [5.74, 6) is 5.13. The third-order valence-corrected chi connectivity index (χ3v) is 0.687. The van der Waals surface area contributed by atoms with Gasteiger partial charge in [-0.25, -0.2) is 5.43 Å². The Morgan fingerprint density at radius 1 is 1.75 bits per heavy atom. The van der Waals surface area contributed by atoms with Crippen molar-refractivity contribution in [2.45, 2.75) is 0 Å². The predicted octanol–water partition coefficient (Wildman–Crippen LogP) is -1.31. The van der Waals surface area contributed by atoms with E-state index in [1.807, 2.05) is 0 Å². The van der Waals surface area contributed by atoms with Crippen LogP contribution in [-0.4, -0.2) is 16.2 Å². The van der Waals surface area contributed by atoms with Gasteiger partial charge in [-0.05, 0) is 0 Å². The molecule has 0 fully saturated rings. The largest absolute Gasteiger partial charge is 0.693 e. The Labute approximate surface area is 46.2 Å². The second-order valence-corrected chi connectivity index (χ2v) is 1.33. The first-order valence-corrected chi connectivity index (χ1v) is 2.06. The Bertz CT molecular complexity index is 140. The summed E-state index contributed by atoms with van der Waals surface area (Å²) in [6, 6.07) is 0. The monoisotopic (exact) mass is 114 g/mol. The van der Waals surface area contributed by atoms with E-state index < -0.39 is 0 Å². The minimum Gasteiger partial charge on any atom is -0.693 e. The number of rotatable bonds is 0. The summed E-state index contributed by atoms with van der Waals surface area (Å²) in [5, 5.41) is 11.4. The second-order valence-electron chi connectivity index (χ2n) is 1.33. The summed E-state index contributed by atoms with van der Waals surface area (Å²) in [6.07, 6.45) is 4.13. The summed E-state index contributed by atoms with van der Waals surface area (Å²) in [6.45, 7) is 0. The van der Waals surface area contributed by atoms with Crippen LogP contribution in [0.3, 0.4) is 0 Å². The zero-order valence-corrected chi connectivity index (χ0v) is 4.11.